The van der Waals surface area contributed by atoms with Crippen LogP contribution in [0.1, 0.15) is 50.6 Å². The van der Waals surface area contributed by atoms with Crippen molar-refractivity contribution in [2.75, 3.05) is 4.90 Å². The number of aliphatic hydroxyl groups excluding tert-OH is 1. The fraction of sp³-hybridized carbons (Fsp3) is 0.161. The predicted molar refractivity (Wildman–Crippen MR) is 158 cm³/mol. The van der Waals surface area contributed by atoms with E-state index in [2.05, 4.69) is 20.9 Å². The highest BCUT2D eigenvalue weighted by atomic mass is 79.9. The van der Waals surface area contributed by atoms with E-state index in [4.69, 9.17) is 4.74 Å². The smallest absolute Gasteiger partial charge is 0.301 e. The Morgan fingerprint density at radius 3 is 2.42 bits per heavy atom. The molecule has 1 unspecified atom stereocenters. The second-order valence-electron chi connectivity index (χ2n) is 9.49. The molecule has 3 aromatic carbocycles. The van der Waals surface area contributed by atoms with Gasteiger partial charge < -0.3 is 9.84 Å². The first kappa shape index (κ1) is 27.5. The summed E-state index contributed by atoms with van der Waals surface area (Å²) in [5.74, 6) is -1.55. The van der Waals surface area contributed by atoms with Crippen molar-refractivity contribution in [2.45, 2.75) is 33.4 Å². The summed E-state index contributed by atoms with van der Waals surface area (Å²) in [6.45, 7) is 5.52. The average molecular weight is 618 g/mol. The van der Waals surface area contributed by atoms with E-state index in [1.54, 1.807) is 49.4 Å². The first-order chi connectivity index (χ1) is 19.1. The molecule has 0 bridgehead atoms. The van der Waals surface area contributed by atoms with Gasteiger partial charge in [0.1, 0.15) is 18.1 Å². The fourth-order valence-corrected chi connectivity index (χ4v) is 6.07. The van der Waals surface area contributed by atoms with Crippen molar-refractivity contribution in [1.82, 2.24) is 4.98 Å². The zero-order valence-electron chi connectivity index (χ0n) is 22.0. The van der Waals surface area contributed by atoms with Gasteiger partial charge in [0.2, 0.25) is 0 Å². The lowest BCUT2D eigenvalue weighted by Crippen LogP contribution is -2.29. The quantitative estimate of drug-likeness (QED) is 0.105. The van der Waals surface area contributed by atoms with Crippen molar-refractivity contribution in [3.8, 4) is 5.75 Å². The summed E-state index contributed by atoms with van der Waals surface area (Å²) < 4.78 is 6.63. The molecule has 4 aromatic rings. The molecule has 1 N–H and O–H groups in total. The molecule has 0 radical (unpaired) electrons. The SMILES string of the molecule is CC(=O)c1sc(N2C(=O)C(=O)C(=C(O)c3ccc(OCc4cccc(C)c4)cc3)C2c2cccc(Br)c2)nc1C. The summed E-state index contributed by atoms with van der Waals surface area (Å²) in [5.41, 5.74) is 3.55. The number of halogens is 1. The molecule has 40 heavy (non-hydrogen) atoms. The Labute approximate surface area is 243 Å². The molecule has 1 saturated heterocycles. The van der Waals surface area contributed by atoms with Crippen molar-refractivity contribution < 1.29 is 24.2 Å². The zero-order valence-corrected chi connectivity index (χ0v) is 24.4. The normalized spacial score (nSPS) is 16.4. The Bertz CT molecular complexity index is 1680. The summed E-state index contributed by atoms with van der Waals surface area (Å²) in [6.07, 6.45) is 0. The van der Waals surface area contributed by atoms with E-state index >= 15 is 0 Å². The minimum Gasteiger partial charge on any atom is -0.507 e. The van der Waals surface area contributed by atoms with E-state index in [0.29, 0.717) is 34.1 Å². The number of Topliss-reactive ketones (excluding diaryl/α,β-unsaturated/α-hetero) is 2. The summed E-state index contributed by atoms with van der Waals surface area (Å²) in [5, 5.41) is 11.6. The number of hydrogen-bond donors (Lipinski definition) is 1. The standard InChI is InChI=1S/C31H25BrN2O5S/c1-17-6-4-7-20(14-17)16-39-24-12-10-21(11-13-24)27(36)25-26(22-8-5-9-23(32)15-22)34(30(38)28(25)37)31-33-18(2)29(40-31)19(3)35/h4-15,26,36H,16H2,1-3H3. The number of ketones is 2. The van der Waals surface area contributed by atoms with Crippen molar-refractivity contribution >= 4 is 55.6 Å². The number of anilines is 1. The minimum absolute atomic E-state index is 0.0613. The summed E-state index contributed by atoms with van der Waals surface area (Å²) in [6, 6.07) is 21.0. The molecule has 1 aliphatic rings. The van der Waals surface area contributed by atoms with E-state index in [1.807, 2.05) is 37.3 Å². The minimum atomic E-state index is -0.944. The molecule has 1 amide bonds. The predicted octanol–water partition coefficient (Wildman–Crippen LogP) is 6.93. The van der Waals surface area contributed by atoms with Crippen LogP contribution >= 0.6 is 27.3 Å². The third-order valence-corrected chi connectivity index (χ3v) is 8.29. The molecule has 0 aliphatic carbocycles. The van der Waals surface area contributed by atoms with Gasteiger partial charge in [0.15, 0.2) is 10.9 Å². The van der Waals surface area contributed by atoms with Crippen molar-refractivity contribution in [3.05, 3.63) is 116 Å². The largest absolute Gasteiger partial charge is 0.507 e. The number of nitrogens with zero attached hydrogens (tertiary/aromatic N) is 2. The Morgan fingerprint density at radius 1 is 1.05 bits per heavy atom. The van der Waals surface area contributed by atoms with Crippen molar-refractivity contribution in [3.63, 3.8) is 0 Å². The molecule has 0 saturated carbocycles. The molecule has 2 heterocycles. The third kappa shape index (κ3) is 5.35. The van der Waals surface area contributed by atoms with Gasteiger partial charge in [0.25, 0.3) is 5.78 Å². The molecule has 1 fully saturated rings. The van der Waals surface area contributed by atoms with Crippen LogP contribution in [0.5, 0.6) is 5.75 Å². The third-order valence-electron chi connectivity index (χ3n) is 6.54. The fourth-order valence-electron chi connectivity index (χ4n) is 4.67. The van der Waals surface area contributed by atoms with Gasteiger partial charge in [-0.15, -0.1) is 0 Å². The maximum absolute atomic E-state index is 13.4. The van der Waals surface area contributed by atoms with Gasteiger partial charge in [0, 0.05) is 17.0 Å². The highest BCUT2D eigenvalue weighted by molar-refractivity contribution is 9.10. The molecule has 202 valence electrons. The number of carbonyl (C=O) groups excluding carboxylic acids is 3. The summed E-state index contributed by atoms with van der Waals surface area (Å²) in [4.78, 5) is 45.0. The molecular weight excluding hydrogens is 592 g/mol. The molecule has 9 heteroatoms. The van der Waals surface area contributed by atoms with Crippen LogP contribution in [0.4, 0.5) is 5.13 Å². The van der Waals surface area contributed by atoms with E-state index in [0.717, 1.165) is 26.9 Å². The van der Waals surface area contributed by atoms with Gasteiger partial charge in [-0.3, -0.25) is 19.3 Å². The maximum Gasteiger partial charge on any atom is 0.301 e. The van der Waals surface area contributed by atoms with Crippen LogP contribution in [0.2, 0.25) is 0 Å². The molecular formula is C31H25BrN2O5S. The zero-order chi connectivity index (χ0) is 28.6. The first-order valence-electron chi connectivity index (χ1n) is 12.5. The van der Waals surface area contributed by atoms with Gasteiger partial charge in [-0.2, -0.15) is 0 Å². The lowest BCUT2D eigenvalue weighted by molar-refractivity contribution is -0.132. The number of ether oxygens (including phenoxy) is 1. The lowest BCUT2D eigenvalue weighted by Gasteiger charge is -2.23. The number of aryl methyl sites for hydroxylation is 2. The van der Waals surface area contributed by atoms with Crippen LogP contribution in [-0.4, -0.2) is 27.6 Å². The van der Waals surface area contributed by atoms with Gasteiger partial charge in [-0.05, 0) is 61.4 Å². The number of thiazole rings is 1. The van der Waals surface area contributed by atoms with Gasteiger partial charge in [0.05, 0.1) is 22.2 Å². The highest BCUT2D eigenvalue weighted by Gasteiger charge is 2.48. The van der Waals surface area contributed by atoms with E-state index in [-0.39, 0.29) is 22.2 Å². The Kier molecular flexibility index (Phi) is 7.69. The summed E-state index contributed by atoms with van der Waals surface area (Å²) >= 11 is 4.51. The number of aliphatic hydroxyl groups is 1. The van der Waals surface area contributed by atoms with E-state index in [9.17, 15) is 19.5 Å². The van der Waals surface area contributed by atoms with Gasteiger partial charge in [-0.1, -0.05) is 69.2 Å². The molecule has 1 atom stereocenters. The molecule has 1 aromatic heterocycles. The number of rotatable bonds is 7. The maximum atomic E-state index is 13.4. The van der Waals surface area contributed by atoms with Crippen molar-refractivity contribution in [1.29, 1.82) is 0 Å². The molecule has 5 rings (SSSR count). The number of amides is 1. The van der Waals surface area contributed by atoms with Gasteiger partial charge >= 0.3 is 5.91 Å². The average Bonchev–Trinajstić information content (AvgIpc) is 3.44. The van der Waals surface area contributed by atoms with Crippen LogP contribution < -0.4 is 9.64 Å². The topological polar surface area (TPSA) is 96.8 Å². The second kappa shape index (κ2) is 11.2. The second-order valence-corrected chi connectivity index (χ2v) is 11.4. The lowest BCUT2D eigenvalue weighted by atomic mass is 9.95. The monoisotopic (exact) mass is 616 g/mol. The van der Waals surface area contributed by atoms with E-state index in [1.165, 1.54) is 11.8 Å². The van der Waals surface area contributed by atoms with Crippen LogP contribution in [0.25, 0.3) is 5.76 Å². The number of carbonyl (C=O) groups is 3. The molecule has 0 spiro atoms. The molecule has 7 nitrogen and oxygen atoms in total. The van der Waals surface area contributed by atoms with Gasteiger partial charge in [-0.25, -0.2) is 4.98 Å². The number of benzene rings is 3. The van der Waals surface area contributed by atoms with Crippen LogP contribution in [0.15, 0.2) is 82.8 Å². The van der Waals surface area contributed by atoms with Crippen LogP contribution in [0, 0.1) is 13.8 Å². The number of aromatic nitrogens is 1. The van der Waals surface area contributed by atoms with Crippen LogP contribution in [-0.2, 0) is 16.2 Å². The summed E-state index contributed by atoms with van der Waals surface area (Å²) in [7, 11) is 0. The Morgan fingerprint density at radius 2 is 1.77 bits per heavy atom. The Hall–Kier alpha value is -4.08. The first-order valence-corrected chi connectivity index (χ1v) is 14.1. The van der Waals surface area contributed by atoms with Crippen LogP contribution in [0.3, 0.4) is 0 Å². The molecule has 1 aliphatic heterocycles. The Balaban J connectivity index is 1.53. The number of hydrogen-bond acceptors (Lipinski definition) is 7. The highest BCUT2D eigenvalue weighted by Crippen LogP contribution is 2.44. The van der Waals surface area contributed by atoms with Crippen molar-refractivity contribution in [2.24, 2.45) is 0 Å². The van der Waals surface area contributed by atoms with E-state index < -0.39 is 17.7 Å².